The van der Waals surface area contributed by atoms with E-state index in [0.29, 0.717) is 24.3 Å². The fourth-order valence-electron chi connectivity index (χ4n) is 4.60. The number of carbonyl (C=O) groups is 3. The van der Waals surface area contributed by atoms with Gasteiger partial charge in [-0.3, -0.25) is 14.4 Å². The SMILES string of the molecule is CCCCCCCCc1ccc(OCC(=O)C(C(=O)CCCCC(=O)O)c2cc3ccccc3[nH]2)cc1. The molecule has 0 aliphatic carbocycles. The number of aryl methyl sites for hydroxylation is 1. The van der Waals surface area contributed by atoms with Gasteiger partial charge >= 0.3 is 5.97 Å². The minimum absolute atomic E-state index is 0.0102. The lowest BCUT2D eigenvalue weighted by atomic mass is 9.92. The molecule has 0 amide bonds. The van der Waals surface area contributed by atoms with Crippen LogP contribution in [0.4, 0.5) is 0 Å². The van der Waals surface area contributed by atoms with Crippen LogP contribution in [0.2, 0.25) is 0 Å². The number of carbonyl (C=O) groups excluding carboxylic acids is 2. The molecular formula is C31H39NO5. The van der Waals surface area contributed by atoms with E-state index in [9.17, 15) is 14.4 Å². The molecule has 1 atom stereocenters. The Labute approximate surface area is 219 Å². The van der Waals surface area contributed by atoms with E-state index in [1.165, 1.54) is 44.1 Å². The van der Waals surface area contributed by atoms with Crippen molar-refractivity contribution in [1.29, 1.82) is 0 Å². The summed E-state index contributed by atoms with van der Waals surface area (Å²) < 4.78 is 5.78. The molecule has 1 unspecified atom stereocenters. The Morgan fingerprint density at radius 2 is 1.54 bits per heavy atom. The van der Waals surface area contributed by atoms with Gasteiger partial charge in [-0.2, -0.15) is 0 Å². The van der Waals surface area contributed by atoms with Crippen LogP contribution in [-0.4, -0.2) is 34.2 Å². The predicted octanol–water partition coefficient (Wildman–Crippen LogP) is 7.02. The number of hydrogen-bond acceptors (Lipinski definition) is 4. The molecule has 0 aliphatic heterocycles. The Morgan fingerprint density at radius 3 is 2.27 bits per heavy atom. The summed E-state index contributed by atoms with van der Waals surface area (Å²) in [5.41, 5.74) is 2.66. The summed E-state index contributed by atoms with van der Waals surface area (Å²) in [7, 11) is 0. The molecule has 198 valence electrons. The van der Waals surface area contributed by atoms with Crippen molar-refractivity contribution < 1.29 is 24.2 Å². The molecule has 0 saturated heterocycles. The second-order valence-electron chi connectivity index (χ2n) is 9.73. The lowest BCUT2D eigenvalue weighted by molar-refractivity contribution is -0.137. The number of hydrogen-bond donors (Lipinski definition) is 2. The number of nitrogens with one attached hydrogen (secondary N) is 1. The Balaban J connectivity index is 1.58. The zero-order valence-corrected chi connectivity index (χ0v) is 21.8. The van der Waals surface area contributed by atoms with Crippen LogP contribution in [0.5, 0.6) is 5.75 Å². The summed E-state index contributed by atoms with van der Waals surface area (Å²) in [5.74, 6) is -1.79. The van der Waals surface area contributed by atoms with Crippen LogP contribution in [-0.2, 0) is 20.8 Å². The van der Waals surface area contributed by atoms with Crippen molar-refractivity contribution in [2.75, 3.05) is 6.61 Å². The second kappa shape index (κ2) is 15.0. The van der Waals surface area contributed by atoms with Crippen LogP contribution in [0.25, 0.3) is 10.9 Å². The summed E-state index contributed by atoms with van der Waals surface area (Å²) in [4.78, 5) is 40.3. The van der Waals surface area contributed by atoms with Crippen molar-refractivity contribution >= 4 is 28.4 Å². The van der Waals surface area contributed by atoms with Gasteiger partial charge in [0.05, 0.1) is 0 Å². The van der Waals surface area contributed by atoms with Crippen molar-refractivity contribution in [3.05, 3.63) is 65.9 Å². The van der Waals surface area contributed by atoms with Gasteiger partial charge in [0, 0.05) is 24.1 Å². The first-order valence-electron chi connectivity index (χ1n) is 13.5. The van der Waals surface area contributed by atoms with Crippen LogP contribution in [0.3, 0.4) is 0 Å². The van der Waals surface area contributed by atoms with Crippen molar-refractivity contribution in [3.63, 3.8) is 0 Å². The normalized spacial score (nSPS) is 11.9. The number of benzene rings is 2. The maximum Gasteiger partial charge on any atom is 0.303 e. The molecule has 3 aromatic rings. The summed E-state index contributed by atoms with van der Waals surface area (Å²) in [5, 5.41) is 9.78. The average Bonchev–Trinajstić information content (AvgIpc) is 3.31. The number of ether oxygens (including phenoxy) is 1. The number of para-hydroxylation sites is 1. The lowest BCUT2D eigenvalue weighted by Crippen LogP contribution is -2.27. The number of fused-ring (bicyclic) bond motifs is 1. The summed E-state index contributed by atoms with van der Waals surface area (Å²) in [6.07, 6.45) is 9.58. The number of carboxylic acid groups (broad SMARTS) is 1. The highest BCUT2D eigenvalue weighted by Gasteiger charge is 2.29. The maximum absolute atomic E-state index is 13.2. The number of unbranched alkanes of at least 4 members (excludes halogenated alkanes) is 6. The quantitative estimate of drug-likeness (QED) is 0.143. The monoisotopic (exact) mass is 505 g/mol. The van der Waals surface area contributed by atoms with Crippen LogP contribution >= 0.6 is 0 Å². The average molecular weight is 506 g/mol. The predicted molar refractivity (Wildman–Crippen MR) is 146 cm³/mol. The minimum atomic E-state index is -0.968. The van der Waals surface area contributed by atoms with E-state index >= 15 is 0 Å². The third kappa shape index (κ3) is 9.19. The molecule has 0 bridgehead atoms. The summed E-state index contributed by atoms with van der Waals surface area (Å²) >= 11 is 0. The fraction of sp³-hybridized carbons (Fsp3) is 0.452. The molecule has 37 heavy (non-hydrogen) atoms. The number of carboxylic acids is 1. The topological polar surface area (TPSA) is 96.5 Å². The first-order chi connectivity index (χ1) is 18.0. The summed E-state index contributed by atoms with van der Waals surface area (Å²) in [6, 6.07) is 17.3. The zero-order chi connectivity index (χ0) is 26.5. The molecule has 0 radical (unpaired) electrons. The van der Waals surface area contributed by atoms with Crippen LogP contribution < -0.4 is 4.74 Å². The van der Waals surface area contributed by atoms with Gasteiger partial charge < -0.3 is 14.8 Å². The highest BCUT2D eigenvalue weighted by Crippen LogP contribution is 2.26. The molecule has 3 rings (SSSR count). The van der Waals surface area contributed by atoms with E-state index in [1.807, 2.05) is 54.6 Å². The Hall–Kier alpha value is -3.41. The number of Topliss-reactive ketones (excluding diaryl/α,β-unsaturated/α-hetero) is 2. The fourth-order valence-corrected chi connectivity index (χ4v) is 4.60. The van der Waals surface area contributed by atoms with E-state index in [-0.39, 0.29) is 31.0 Å². The van der Waals surface area contributed by atoms with Crippen LogP contribution in [0, 0.1) is 0 Å². The van der Waals surface area contributed by atoms with E-state index in [1.54, 1.807) is 0 Å². The Bertz CT molecular complexity index is 1110. The lowest BCUT2D eigenvalue weighted by Gasteiger charge is -2.15. The zero-order valence-electron chi connectivity index (χ0n) is 21.8. The molecule has 6 heteroatoms. The van der Waals surface area contributed by atoms with Crippen molar-refractivity contribution in [1.82, 2.24) is 4.98 Å². The van der Waals surface area contributed by atoms with Gasteiger partial charge in [0.1, 0.15) is 24.1 Å². The highest BCUT2D eigenvalue weighted by molar-refractivity contribution is 6.08. The number of H-pyrrole nitrogens is 1. The van der Waals surface area contributed by atoms with Gasteiger partial charge in [-0.15, -0.1) is 0 Å². The summed E-state index contributed by atoms with van der Waals surface area (Å²) in [6.45, 7) is 2.01. The van der Waals surface area contributed by atoms with Crippen LogP contribution in [0.1, 0.15) is 88.3 Å². The number of aliphatic carboxylic acids is 1. The number of aromatic amines is 1. The van der Waals surface area contributed by atoms with E-state index in [2.05, 4.69) is 11.9 Å². The first-order valence-corrected chi connectivity index (χ1v) is 13.5. The van der Waals surface area contributed by atoms with E-state index in [4.69, 9.17) is 9.84 Å². The second-order valence-corrected chi connectivity index (χ2v) is 9.73. The van der Waals surface area contributed by atoms with Gasteiger partial charge in [0.2, 0.25) is 0 Å². The van der Waals surface area contributed by atoms with Crippen molar-refractivity contribution in [2.24, 2.45) is 0 Å². The molecule has 6 nitrogen and oxygen atoms in total. The molecule has 0 saturated carbocycles. The number of rotatable bonds is 18. The van der Waals surface area contributed by atoms with Gasteiger partial charge in [0.15, 0.2) is 5.78 Å². The molecule has 0 spiro atoms. The van der Waals surface area contributed by atoms with Gasteiger partial charge in [-0.1, -0.05) is 69.4 Å². The molecule has 2 N–H and O–H groups in total. The first kappa shape index (κ1) is 28.2. The standard InChI is InChI=1S/C31H39NO5/c1-2-3-4-5-6-7-12-23-17-19-25(20-18-23)37-22-29(34)31(28(33)15-10-11-16-30(35)36)27-21-24-13-8-9-14-26(24)32-27/h8-9,13-14,17-21,31-32H,2-7,10-12,15-16,22H2,1H3,(H,35,36). The molecular weight excluding hydrogens is 466 g/mol. The number of aromatic nitrogens is 1. The Morgan fingerprint density at radius 1 is 0.838 bits per heavy atom. The van der Waals surface area contributed by atoms with Crippen molar-refractivity contribution in [3.8, 4) is 5.75 Å². The van der Waals surface area contributed by atoms with E-state index < -0.39 is 11.9 Å². The highest BCUT2D eigenvalue weighted by atomic mass is 16.5. The van der Waals surface area contributed by atoms with Gasteiger partial charge in [-0.05, 0) is 60.9 Å². The van der Waals surface area contributed by atoms with E-state index in [0.717, 1.165) is 17.3 Å². The third-order valence-corrected chi connectivity index (χ3v) is 6.69. The smallest absolute Gasteiger partial charge is 0.303 e. The molecule has 0 aliphatic rings. The minimum Gasteiger partial charge on any atom is -0.486 e. The van der Waals surface area contributed by atoms with Gasteiger partial charge in [-0.25, -0.2) is 0 Å². The van der Waals surface area contributed by atoms with Gasteiger partial charge in [0.25, 0.3) is 0 Å². The molecule has 2 aromatic carbocycles. The van der Waals surface area contributed by atoms with Crippen molar-refractivity contribution in [2.45, 2.75) is 83.5 Å². The largest absolute Gasteiger partial charge is 0.486 e. The number of ketones is 2. The molecule has 0 fully saturated rings. The third-order valence-electron chi connectivity index (χ3n) is 6.69. The van der Waals surface area contributed by atoms with Crippen LogP contribution in [0.15, 0.2) is 54.6 Å². The Kier molecular flexibility index (Phi) is 11.4. The molecule has 1 heterocycles. The molecule has 1 aromatic heterocycles. The maximum atomic E-state index is 13.2.